The van der Waals surface area contributed by atoms with Gasteiger partial charge >= 0.3 is 6.18 Å². The largest absolute Gasteiger partial charge is 0.416 e. The van der Waals surface area contributed by atoms with Crippen molar-refractivity contribution in [1.29, 1.82) is 0 Å². The van der Waals surface area contributed by atoms with E-state index in [-0.39, 0.29) is 17.9 Å². The summed E-state index contributed by atoms with van der Waals surface area (Å²) in [7, 11) is -3.23. The number of hydrogen-bond acceptors (Lipinski definition) is 6. The molecule has 1 aromatic heterocycles. The van der Waals surface area contributed by atoms with Crippen LogP contribution in [0.25, 0.3) is 10.9 Å². The van der Waals surface area contributed by atoms with Gasteiger partial charge in [0.25, 0.3) is 0 Å². The molecule has 0 unspecified atom stereocenters. The minimum atomic E-state index is -4.48. The standard InChI is InChI=1S/C22H27F3N4O3S/c1-33(31,32)29-6-4-17(5-7-29)27-20-26-12-13-8-16(22(23,24)25)9-18(19(13)28-20)14-10-21(30,11-14)15-2-3-15/h8-9,12,14-15,17,30H,2-7,10-11H2,1H3,(H,26,27,28). The smallest absolute Gasteiger partial charge is 0.390 e. The molecule has 1 aliphatic heterocycles. The molecule has 2 heterocycles. The van der Waals surface area contributed by atoms with E-state index in [9.17, 15) is 26.7 Å². The number of nitrogens with zero attached hydrogens (tertiary/aromatic N) is 3. The number of nitrogens with one attached hydrogen (secondary N) is 1. The highest BCUT2D eigenvalue weighted by Crippen LogP contribution is 2.57. The lowest BCUT2D eigenvalue weighted by atomic mass is 9.65. The number of rotatable bonds is 5. The number of sulfonamides is 1. The lowest BCUT2D eigenvalue weighted by molar-refractivity contribution is -0.137. The average Bonchev–Trinajstić information content (AvgIpc) is 3.55. The van der Waals surface area contributed by atoms with Crippen LogP contribution in [-0.4, -0.2) is 58.8 Å². The van der Waals surface area contributed by atoms with E-state index >= 15 is 0 Å². The molecule has 0 spiro atoms. The molecule has 1 saturated heterocycles. The first-order valence-corrected chi connectivity index (χ1v) is 13.1. The Bertz CT molecular complexity index is 1170. The minimum absolute atomic E-state index is 0.0259. The van der Waals surface area contributed by atoms with Crippen LogP contribution in [0.15, 0.2) is 18.3 Å². The molecule has 0 radical (unpaired) electrons. The van der Waals surface area contributed by atoms with Crippen LogP contribution in [-0.2, 0) is 16.2 Å². The van der Waals surface area contributed by atoms with Gasteiger partial charge in [0.15, 0.2) is 0 Å². The van der Waals surface area contributed by atoms with Crippen LogP contribution >= 0.6 is 0 Å². The van der Waals surface area contributed by atoms with Gasteiger partial charge in [0.2, 0.25) is 16.0 Å². The van der Waals surface area contributed by atoms with Gasteiger partial charge in [-0.2, -0.15) is 13.2 Å². The van der Waals surface area contributed by atoms with Crippen LogP contribution in [0.5, 0.6) is 0 Å². The fourth-order valence-corrected chi connectivity index (χ4v) is 6.07. The summed E-state index contributed by atoms with van der Waals surface area (Å²) in [5, 5.41) is 14.3. The molecular formula is C22H27F3N4O3S. The Balaban J connectivity index is 1.41. The third kappa shape index (κ3) is 4.54. The van der Waals surface area contributed by atoms with Gasteiger partial charge in [0.1, 0.15) is 0 Å². The lowest BCUT2D eigenvalue weighted by Gasteiger charge is -2.44. The van der Waals surface area contributed by atoms with Gasteiger partial charge in [-0.25, -0.2) is 22.7 Å². The summed E-state index contributed by atoms with van der Waals surface area (Å²) in [6.45, 7) is 0.790. The zero-order valence-corrected chi connectivity index (χ0v) is 19.1. The molecule has 3 aliphatic rings. The van der Waals surface area contributed by atoms with E-state index in [0.717, 1.165) is 18.9 Å². The van der Waals surface area contributed by atoms with Gasteiger partial charge in [0, 0.05) is 30.7 Å². The quantitative estimate of drug-likeness (QED) is 0.675. The highest BCUT2D eigenvalue weighted by atomic mass is 32.2. The molecule has 0 amide bonds. The number of benzene rings is 1. The van der Waals surface area contributed by atoms with Crippen molar-refractivity contribution < 1.29 is 26.7 Å². The van der Waals surface area contributed by atoms with Gasteiger partial charge in [-0.1, -0.05) is 0 Å². The SMILES string of the molecule is CS(=O)(=O)N1CCC(Nc2ncc3cc(C(F)(F)F)cc(C4CC(O)(C5CC5)C4)c3n2)CC1. The maximum atomic E-state index is 13.5. The summed E-state index contributed by atoms with van der Waals surface area (Å²) in [6.07, 6.45) is 2.13. The van der Waals surface area contributed by atoms with E-state index in [4.69, 9.17) is 0 Å². The zero-order chi connectivity index (χ0) is 23.6. The summed E-state index contributed by atoms with van der Waals surface area (Å²) in [4.78, 5) is 8.80. The van der Waals surface area contributed by atoms with Crippen molar-refractivity contribution in [3.05, 3.63) is 29.5 Å². The Morgan fingerprint density at radius 1 is 1.15 bits per heavy atom. The van der Waals surface area contributed by atoms with Crippen LogP contribution < -0.4 is 5.32 Å². The summed E-state index contributed by atoms with van der Waals surface area (Å²) in [5.74, 6) is 0.398. The second kappa shape index (κ2) is 7.78. The maximum absolute atomic E-state index is 13.5. The molecule has 1 aromatic carbocycles. The summed E-state index contributed by atoms with van der Waals surface area (Å²) in [5.41, 5.74) is -0.531. The van der Waals surface area contributed by atoms with E-state index in [1.54, 1.807) is 0 Å². The summed E-state index contributed by atoms with van der Waals surface area (Å²) in [6, 6.07) is 2.21. The van der Waals surface area contributed by atoms with Gasteiger partial charge in [-0.3, -0.25) is 0 Å². The monoisotopic (exact) mass is 484 g/mol. The Morgan fingerprint density at radius 2 is 1.82 bits per heavy atom. The normalized spacial score (nSPS) is 27.5. The van der Waals surface area contributed by atoms with Crippen LogP contribution in [0.1, 0.15) is 55.6 Å². The van der Waals surface area contributed by atoms with E-state index in [0.29, 0.717) is 61.2 Å². The van der Waals surface area contributed by atoms with Crippen LogP contribution in [0.3, 0.4) is 0 Å². The van der Waals surface area contributed by atoms with Gasteiger partial charge in [-0.15, -0.1) is 0 Å². The van der Waals surface area contributed by atoms with Crippen molar-refractivity contribution in [2.45, 2.75) is 62.3 Å². The first-order valence-electron chi connectivity index (χ1n) is 11.2. The summed E-state index contributed by atoms with van der Waals surface area (Å²) >= 11 is 0. The first kappa shape index (κ1) is 22.8. The number of fused-ring (bicyclic) bond motifs is 1. The minimum Gasteiger partial charge on any atom is -0.390 e. The van der Waals surface area contributed by atoms with Crippen LogP contribution in [0.4, 0.5) is 19.1 Å². The fourth-order valence-electron chi connectivity index (χ4n) is 5.20. The van der Waals surface area contributed by atoms with Crippen molar-refractivity contribution in [2.75, 3.05) is 24.7 Å². The maximum Gasteiger partial charge on any atom is 0.416 e. The molecule has 0 atom stereocenters. The average molecular weight is 485 g/mol. The molecule has 2 N–H and O–H groups in total. The molecule has 2 aliphatic carbocycles. The second-order valence-corrected chi connectivity index (χ2v) is 11.7. The van der Waals surface area contributed by atoms with Crippen molar-refractivity contribution in [2.24, 2.45) is 5.92 Å². The second-order valence-electron chi connectivity index (χ2n) is 9.76. The zero-order valence-electron chi connectivity index (χ0n) is 18.3. The van der Waals surface area contributed by atoms with E-state index in [1.165, 1.54) is 22.8 Å². The van der Waals surface area contributed by atoms with Crippen LogP contribution in [0, 0.1) is 5.92 Å². The molecule has 7 nitrogen and oxygen atoms in total. The molecule has 2 aromatic rings. The Labute approximate surface area is 190 Å². The molecule has 180 valence electrons. The predicted molar refractivity (Wildman–Crippen MR) is 117 cm³/mol. The molecule has 0 bridgehead atoms. The van der Waals surface area contributed by atoms with Gasteiger partial charge in [0.05, 0.1) is 22.9 Å². The van der Waals surface area contributed by atoms with Crippen molar-refractivity contribution in [1.82, 2.24) is 14.3 Å². The topological polar surface area (TPSA) is 95.4 Å². The van der Waals surface area contributed by atoms with Crippen molar-refractivity contribution in [3.63, 3.8) is 0 Å². The van der Waals surface area contributed by atoms with E-state index in [2.05, 4.69) is 15.3 Å². The highest BCUT2D eigenvalue weighted by Gasteiger charge is 2.53. The predicted octanol–water partition coefficient (Wildman–Crippen LogP) is 3.50. The van der Waals surface area contributed by atoms with E-state index < -0.39 is 27.4 Å². The Morgan fingerprint density at radius 3 is 2.39 bits per heavy atom. The van der Waals surface area contributed by atoms with Crippen molar-refractivity contribution in [3.8, 4) is 0 Å². The molecule has 2 saturated carbocycles. The number of alkyl halides is 3. The van der Waals surface area contributed by atoms with E-state index in [1.807, 2.05) is 0 Å². The Kier molecular flexibility index (Phi) is 5.37. The lowest BCUT2D eigenvalue weighted by Crippen LogP contribution is -2.44. The molecule has 5 rings (SSSR count). The third-order valence-corrected chi connectivity index (χ3v) is 8.58. The van der Waals surface area contributed by atoms with Gasteiger partial charge < -0.3 is 10.4 Å². The number of piperidine rings is 1. The highest BCUT2D eigenvalue weighted by molar-refractivity contribution is 7.88. The summed E-state index contributed by atoms with van der Waals surface area (Å²) < 4.78 is 65.4. The molecule has 3 fully saturated rings. The van der Waals surface area contributed by atoms with Gasteiger partial charge in [-0.05, 0) is 68.1 Å². The molecule has 11 heteroatoms. The first-order chi connectivity index (χ1) is 15.4. The number of halogens is 3. The Hall–Kier alpha value is -1.98. The molecular weight excluding hydrogens is 457 g/mol. The number of hydrogen-bond donors (Lipinski definition) is 2. The third-order valence-electron chi connectivity index (χ3n) is 7.27. The van der Waals surface area contributed by atoms with Crippen molar-refractivity contribution >= 4 is 26.9 Å². The fraction of sp³-hybridized carbons (Fsp3) is 0.636. The molecule has 33 heavy (non-hydrogen) atoms. The number of aromatic nitrogens is 2. The number of aliphatic hydroxyl groups is 1. The van der Waals surface area contributed by atoms with Crippen LogP contribution in [0.2, 0.25) is 0 Å². The number of anilines is 1.